The Morgan fingerprint density at radius 2 is 2.27 bits per heavy atom. The van der Waals surface area contributed by atoms with Crippen LogP contribution in [-0.4, -0.2) is 6.26 Å². The first-order valence-corrected chi connectivity index (χ1v) is 5.18. The van der Waals surface area contributed by atoms with Gasteiger partial charge in [0, 0.05) is 9.37 Å². The monoisotopic (exact) mass is 234 g/mol. The quantitative estimate of drug-likeness (QED) is 0.705. The van der Waals surface area contributed by atoms with Crippen LogP contribution in [0.5, 0.6) is 0 Å². The largest absolute Gasteiger partial charge is 0.246 e. The molecule has 1 aromatic carbocycles. The van der Waals surface area contributed by atoms with Crippen LogP contribution in [0, 0.1) is 0 Å². The zero-order valence-electron chi connectivity index (χ0n) is 6.10. The van der Waals surface area contributed by atoms with Crippen LogP contribution < -0.4 is 0 Å². The molecule has 11 heavy (non-hydrogen) atoms. The van der Waals surface area contributed by atoms with Gasteiger partial charge in [-0.1, -0.05) is 6.07 Å². The van der Waals surface area contributed by atoms with Gasteiger partial charge in [0.2, 0.25) is 0 Å². The maximum atomic E-state index is 12.1. The highest BCUT2D eigenvalue weighted by atomic mass is 79.9. The van der Waals surface area contributed by atoms with Gasteiger partial charge in [0.05, 0.1) is 0 Å². The van der Waals surface area contributed by atoms with Crippen molar-refractivity contribution < 1.29 is 4.39 Å². The molecule has 0 aliphatic rings. The van der Waals surface area contributed by atoms with Crippen LogP contribution in [0.2, 0.25) is 0 Å². The average molecular weight is 235 g/mol. The van der Waals surface area contributed by atoms with Crippen molar-refractivity contribution >= 4 is 27.7 Å². The third kappa shape index (κ3) is 2.20. The molecule has 0 amide bonds. The molecule has 0 aliphatic carbocycles. The van der Waals surface area contributed by atoms with Gasteiger partial charge in [0.25, 0.3) is 0 Å². The molecule has 0 atom stereocenters. The van der Waals surface area contributed by atoms with Crippen molar-refractivity contribution in [3.63, 3.8) is 0 Å². The summed E-state index contributed by atoms with van der Waals surface area (Å²) in [5, 5.41) is 0. The molecule has 0 aromatic heterocycles. The molecule has 0 unspecified atom stereocenters. The smallest absolute Gasteiger partial charge is 0.115 e. The Balaban J connectivity index is 2.99. The fourth-order valence-corrected chi connectivity index (χ4v) is 2.16. The second-order valence-electron chi connectivity index (χ2n) is 2.10. The van der Waals surface area contributed by atoms with Crippen molar-refractivity contribution in [2.45, 2.75) is 11.6 Å². The fraction of sp³-hybridized carbons (Fsp3) is 0.250. The highest BCUT2D eigenvalue weighted by molar-refractivity contribution is 9.10. The van der Waals surface area contributed by atoms with E-state index in [0.717, 1.165) is 14.9 Å². The standard InChI is InChI=1S/C8H8BrFS/c1-11-8-3-2-6(5-10)4-7(8)9/h2-4H,5H2,1H3. The van der Waals surface area contributed by atoms with Crippen LogP contribution in [0.25, 0.3) is 0 Å². The van der Waals surface area contributed by atoms with Crippen LogP contribution in [0.3, 0.4) is 0 Å². The lowest BCUT2D eigenvalue weighted by atomic mass is 10.2. The zero-order valence-corrected chi connectivity index (χ0v) is 8.51. The second kappa shape index (κ2) is 4.12. The van der Waals surface area contributed by atoms with E-state index in [1.54, 1.807) is 17.8 Å². The van der Waals surface area contributed by atoms with E-state index >= 15 is 0 Å². The van der Waals surface area contributed by atoms with Gasteiger partial charge in [0.15, 0.2) is 0 Å². The lowest BCUT2D eigenvalue weighted by Gasteiger charge is -2.01. The molecular weight excluding hydrogens is 227 g/mol. The van der Waals surface area contributed by atoms with E-state index < -0.39 is 6.67 Å². The molecule has 60 valence electrons. The third-order valence-corrected chi connectivity index (χ3v) is 3.08. The highest BCUT2D eigenvalue weighted by Gasteiger charge is 1.98. The Bertz CT molecular complexity index is 250. The predicted molar refractivity (Wildman–Crippen MR) is 50.7 cm³/mol. The minimum absolute atomic E-state index is 0.396. The Labute approximate surface area is 78.3 Å². The van der Waals surface area contributed by atoms with Crippen molar-refractivity contribution in [3.8, 4) is 0 Å². The number of rotatable bonds is 2. The van der Waals surface area contributed by atoms with Crippen LogP contribution in [0.4, 0.5) is 4.39 Å². The van der Waals surface area contributed by atoms with Crippen molar-refractivity contribution in [2.24, 2.45) is 0 Å². The van der Waals surface area contributed by atoms with Crippen LogP contribution >= 0.6 is 27.7 Å². The molecule has 0 nitrogen and oxygen atoms in total. The third-order valence-electron chi connectivity index (χ3n) is 1.37. The number of thioether (sulfide) groups is 1. The summed E-state index contributed by atoms with van der Waals surface area (Å²) in [4.78, 5) is 1.14. The lowest BCUT2D eigenvalue weighted by molar-refractivity contribution is 0.485. The number of benzene rings is 1. The number of hydrogen-bond donors (Lipinski definition) is 0. The highest BCUT2D eigenvalue weighted by Crippen LogP contribution is 2.26. The van der Waals surface area contributed by atoms with E-state index in [-0.39, 0.29) is 0 Å². The summed E-state index contributed by atoms with van der Waals surface area (Å²) in [5.41, 5.74) is 0.717. The minimum atomic E-state index is -0.396. The Kier molecular flexibility index (Phi) is 3.40. The molecule has 0 saturated carbocycles. The van der Waals surface area contributed by atoms with Crippen molar-refractivity contribution in [3.05, 3.63) is 28.2 Å². The number of alkyl halides is 1. The molecule has 3 heteroatoms. The summed E-state index contributed by atoms with van der Waals surface area (Å²) in [5.74, 6) is 0. The van der Waals surface area contributed by atoms with Gasteiger partial charge in [0.1, 0.15) is 6.67 Å². The summed E-state index contributed by atoms with van der Waals surface area (Å²) < 4.78 is 13.1. The van der Waals surface area contributed by atoms with Gasteiger partial charge in [-0.15, -0.1) is 11.8 Å². The number of hydrogen-bond acceptors (Lipinski definition) is 1. The molecule has 0 bridgehead atoms. The predicted octanol–water partition coefficient (Wildman–Crippen LogP) is 3.64. The summed E-state index contributed by atoms with van der Waals surface area (Å²) in [6, 6.07) is 5.53. The second-order valence-corrected chi connectivity index (χ2v) is 3.80. The summed E-state index contributed by atoms with van der Waals surface area (Å²) in [6.07, 6.45) is 2.00. The lowest BCUT2D eigenvalue weighted by Crippen LogP contribution is -1.79. The summed E-state index contributed by atoms with van der Waals surface area (Å²) >= 11 is 5.01. The number of halogens is 2. The van der Waals surface area contributed by atoms with Crippen molar-refractivity contribution in [1.29, 1.82) is 0 Å². The average Bonchev–Trinajstić information content (AvgIpc) is 2.04. The molecular formula is C8H8BrFS. The molecule has 0 N–H and O–H groups in total. The van der Waals surface area contributed by atoms with Gasteiger partial charge in [-0.3, -0.25) is 0 Å². The zero-order chi connectivity index (χ0) is 8.27. The summed E-state index contributed by atoms with van der Waals surface area (Å²) in [7, 11) is 0. The van der Waals surface area contributed by atoms with Crippen molar-refractivity contribution in [2.75, 3.05) is 6.26 Å². The Morgan fingerprint density at radius 3 is 2.73 bits per heavy atom. The fourth-order valence-electron chi connectivity index (χ4n) is 0.793. The molecule has 0 saturated heterocycles. The van der Waals surface area contributed by atoms with E-state index in [2.05, 4.69) is 15.9 Å². The first-order chi connectivity index (χ1) is 5.27. The van der Waals surface area contributed by atoms with Gasteiger partial charge in [-0.25, -0.2) is 4.39 Å². The van der Waals surface area contributed by atoms with Crippen LogP contribution in [0.1, 0.15) is 5.56 Å². The van der Waals surface area contributed by atoms with Crippen molar-refractivity contribution in [1.82, 2.24) is 0 Å². The van der Waals surface area contributed by atoms with Crippen LogP contribution in [0.15, 0.2) is 27.6 Å². The molecule has 0 aliphatic heterocycles. The van der Waals surface area contributed by atoms with Gasteiger partial charge in [-0.05, 0) is 39.9 Å². The van der Waals surface area contributed by atoms with Crippen LogP contribution in [-0.2, 0) is 6.67 Å². The van der Waals surface area contributed by atoms with Gasteiger partial charge in [-0.2, -0.15) is 0 Å². The molecule has 1 rings (SSSR count). The van der Waals surface area contributed by atoms with Gasteiger partial charge >= 0.3 is 0 Å². The van der Waals surface area contributed by atoms with Gasteiger partial charge < -0.3 is 0 Å². The normalized spacial score (nSPS) is 10.1. The summed E-state index contributed by atoms with van der Waals surface area (Å²) in [6.45, 7) is -0.396. The molecule has 0 heterocycles. The molecule has 0 radical (unpaired) electrons. The molecule has 0 spiro atoms. The van der Waals surface area contributed by atoms with E-state index in [1.165, 1.54) is 0 Å². The first kappa shape index (κ1) is 9.07. The van der Waals surface area contributed by atoms with E-state index in [9.17, 15) is 4.39 Å². The van der Waals surface area contributed by atoms with E-state index in [0.29, 0.717) is 0 Å². The minimum Gasteiger partial charge on any atom is -0.246 e. The Morgan fingerprint density at radius 1 is 1.55 bits per heavy atom. The first-order valence-electron chi connectivity index (χ1n) is 3.16. The maximum absolute atomic E-state index is 12.1. The maximum Gasteiger partial charge on any atom is 0.115 e. The van der Waals surface area contributed by atoms with E-state index in [4.69, 9.17) is 0 Å². The molecule has 0 fully saturated rings. The Hall–Kier alpha value is -0.0200. The van der Waals surface area contributed by atoms with E-state index in [1.807, 2.05) is 18.4 Å². The molecule has 1 aromatic rings. The topological polar surface area (TPSA) is 0 Å². The SMILES string of the molecule is CSc1ccc(CF)cc1Br.